The van der Waals surface area contributed by atoms with Gasteiger partial charge in [-0.15, -0.1) is 0 Å². The van der Waals surface area contributed by atoms with Crippen LogP contribution < -0.4 is 0 Å². The molecule has 11 heavy (non-hydrogen) atoms. The molecule has 0 spiro atoms. The van der Waals surface area contributed by atoms with E-state index in [1.165, 1.54) is 0 Å². The molecule has 0 aromatic heterocycles. The van der Waals surface area contributed by atoms with Crippen LogP contribution in [-0.2, 0) is 9.47 Å². The maximum Gasteiger partial charge on any atom is 0.286 e. The maximum atomic E-state index is 8.10. The summed E-state index contributed by atoms with van der Waals surface area (Å²) in [6.07, 6.45) is 3.31. The molecule has 2 unspecified atom stereocenters. The van der Waals surface area contributed by atoms with Crippen LogP contribution in [0.4, 0.5) is 0 Å². The zero-order valence-corrected chi connectivity index (χ0v) is 6.57. The fourth-order valence-electron chi connectivity index (χ4n) is 0.744. The van der Waals surface area contributed by atoms with Gasteiger partial charge in [0, 0.05) is 6.42 Å². The highest BCUT2D eigenvalue weighted by atomic mass is 16.5. The molecule has 0 aliphatic heterocycles. The zero-order chi connectivity index (χ0) is 8.69. The second-order valence-electron chi connectivity index (χ2n) is 2.28. The number of rotatable bonds is 4. The molecule has 0 aliphatic carbocycles. The van der Waals surface area contributed by atoms with Crippen LogP contribution >= 0.6 is 0 Å². The van der Waals surface area contributed by atoms with Crippen LogP contribution in [0.15, 0.2) is 0 Å². The van der Waals surface area contributed by atoms with E-state index in [1.54, 1.807) is 26.4 Å². The van der Waals surface area contributed by atoms with Crippen molar-refractivity contribution in [3.63, 3.8) is 0 Å². The molecule has 0 bridgehead atoms. The second kappa shape index (κ2) is 5.37. The lowest BCUT2D eigenvalue weighted by molar-refractivity contribution is 0.0920. The van der Waals surface area contributed by atoms with E-state index < -0.39 is 0 Å². The number of hydrogen-bond donors (Lipinski definition) is 0. The van der Waals surface area contributed by atoms with E-state index in [1.807, 2.05) is 0 Å². The number of nitriles is 2. The third-order valence-corrected chi connectivity index (χ3v) is 1.17. The smallest absolute Gasteiger partial charge is 0.286 e. The summed E-state index contributed by atoms with van der Waals surface area (Å²) in [4.78, 5) is 0. The average Bonchev–Trinajstić information content (AvgIpc) is 1.87. The second-order valence-corrected chi connectivity index (χ2v) is 2.28. The van der Waals surface area contributed by atoms with E-state index in [-0.39, 0.29) is 12.2 Å². The van der Waals surface area contributed by atoms with Gasteiger partial charge in [0.2, 0.25) is 0 Å². The van der Waals surface area contributed by atoms with Gasteiger partial charge in [-0.3, -0.25) is 0 Å². The Balaban J connectivity index is 3.51. The lowest BCUT2D eigenvalue weighted by Crippen LogP contribution is -2.15. The lowest BCUT2D eigenvalue weighted by Gasteiger charge is -2.11. The molecule has 0 radical (unpaired) electrons. The van der Waals surface area contributed by atoms with E-state index in [0.717, 1.165) is 0 Å². The highest BCUT2D eigenvalue weighted by Gasteiger charge is 2.09. The van der Waals surface area contributed by atoms with Crippen LogP contribution in [-0.4, -0.2) is 12.2 Å². The molecule has 60 valence electrons. The van der Waals surface area contributed by atoms with Crippen LogP contribution in [0.25, 0.3) is 0 Å². The molecule has 0 heterocycles. The molecule has 4 heteroatoms. The molecule has 0 aliphatic rings. The first-order valence-corrected chi connectivity index (χ1v) is 3.30. The summed E-state index contributed by atoms with van der Waals surface area (Å²) in [5, 5.41) is 16.2. The Kier molecular flexibility index (Phi) is 4.68. The molecule has 0 rings (SSSR count). The van der Waals surface area contributed by atoms with E-state index >= 15 is 0 Å². The predicted octanol–water partition coefficient (Wildman–Crippen LogP) is 1.15. The number of ether oxygens (including phenoxy) is 2. The number of nitrogens with zero attached hydrogens (tertiary/aromatic N) is 2. The van der Waals surface area contributed by atoms with Crippen LogP contribution in [0.5, 0.6) is 0 Å². The fraction of sp³-hybridized carbons (Fsp3) is 0.714. The molecule has 0 fully saturated rings. The van der Waals surface area contributed by atoms with Crippen molar-refractivity contribution in [3.8, 4) is 12.5 Å². The van der Waals surface area contributed by atoms with Crippen molar-refractivity contribution in [3.05, 3.63) is 0 Å². The lowest BCUT2D eigenvalue weighted by atomic mass is 10.2. The first-order chi connectivity index (χ1) is 5.20. The molecule has 4 nitrogen and oxygen atoms in total. The largest absolute Gasteiger partial charge is 0.424 e. The Morgan fingerprint density at radius 1 is 1.09 bits per heavy atom. The first-order valence-electron chi connectivity index (χ1n) is 3.30. The Morgan fingerprint density at radius 2 is 1.45 bits per heavy atom. The Hall–Kier alpha value is -1.42. The quantitative estimate of drug-likeness (QED) is 0.569. The van der Waals surface area contributed by atoms with Crippen molar-refractivity contribution in [2.45, 2.75) is 32.5 Å². The highest BCUT2D eigenvalue weighted by Crippen LogP contribution is 2.03. The van der Waals surface area contributed by atoms with E-state index in [4.69, 9.17) is 10.5 Å². The van der Waals surface area contributed by atoms with Gasteiger partial charge in [0.1, 0.15) is 12.2 Å². The zero-order valence-electron chi connectivity index (χ0n) is 6.57. The Morgan fingerprint density at radius 3 is 1.73 bits per heavy atom. The normalized spacial score (nSPS) is 13.8. The van der Waals surface area contributed by atoms with Crippen molar-refractivity contribution in [2.75, 3.05) is 0 Å². The average molecular weight is 154 g/mol. The fourth-order valence-corrected chi connectivity index (χ4v) is 0.744. The van der Waals surface area contributed by atoms with Crippen molar-refractivity contribution in [2.24, 2.45) is 0 Å². The molecule has 0 aromatic rings. The van der Waals surface area contributed by atoms with Gasteiger partial charge in [-0.25, -0.2) is 0 Å². The molecule has 0 aromatic carbocycles. The van der Waals surface area contributed by atoms with Crippen LogP contribution in [0.1, 0.15) is 20.3 Å². The van der Waals surface area contributed by atoms with Gasteiger partial charge in [0.15, 0.2) is 0 Å². The van der Waals surface area contributed by atoms with Crippen LogP contribution in [0.3, 0.4) is 0 Å². The molecule has 2 atom stereocenters. The minimum atomic E-state index is -0.191. The summed E-state index contributed by atoms with van der Waals surface area (Å²) in [7, 11) is 0. The van der Waals surface area contributed by atoms with Crippen molar-refractivity contribution < 1.29 is 9.47 Å². The van der Waals surface area contributed by atoms with Crippen LogP contribution in [0, 0.1) is 23.0 Å². The summed E-state index contributed by atoms with van der Waals surface area (Å²) >= 11 is 0. The van der Waals surface area contributed by atoms with Gasteiger partial charge in [0.05, 0.1) is 0 Å². The molecule has 0 saturated carbocycles. The first kappa shape index (κ1) is 9.58. The van der Waals surface area contributed by atoms with E-state index in [2.05, 4.69) is 9.47 Å². The van der Waals surface area contributed by atoms with Gasteiger partial charge in [0.25, 0.3) is 12.5 Å². The molecule has 0 N–H and O–H groups in total. The Bertz CT molecular complexity index is 160. The van der Waals surface area contributed by atoms with Gasteiger partial charge in [-0.1, -0.05) is 0 Å². The third kappa shape index (κ3) is 5.05. The van der Waals surface area contributed by atoms with Crippen LogP contribution in [0.2, 0.25) is 0 Å². The summed E-state index contributed by atoms with van der Waals surface area (Å²) in [6.45, 7) is 3.50. The summed E-state index contributed by atoms with van der Waals surface area (Å²) in [5.41, 5.74) is 0. The molecular weight excluding hydrogens is 144 g/mol. The minimum Gasteiger partial charge on any atom is -0.424 e. The SMILES string of the molecule is CC(CC(C)OC#N)OC#N. The van der Waals surface area contributed by atoms with Gasteiger partial charge in [-0.05, 0) is 13.8 Å². The molecule has 0 saturated heterocycles. The maximum absolute atomic E-state index is 8.10. The minimum absolute atomic E-state index is 0.191. The Labute approximate surface area is 65.9 Å². The highest BCUT2D eigenvalue weighted by molar-refractivity contribution is 4.65. The summed E-state index contributed by atoms with van der Waals surface area (Å²) in [6, 6.07) is 0. The standard InChI is InChI=1S/C7H10N2O2/c1-6(10-4-8)3-7(2)11-5-9/h6-7H,3H2,1-2H3. The monoisotopic (exact) mass is 154 g/mol. The van der Waals surface area contributed by atoms with Crippen molar-refractivity contribution in [1.82, 2.24) is 0 Å². The van der Waals surface area contributed by atoms with Gasteiger partial charge < -0.3 is 9.47 Å². The van der Waals surface area contributed by atoms with Crippen molar-refractivity contribution in [1.29, 1.82) is 10.5 Å². The van der Waals surface area contributed by atoms with E-state index in [9.17, 15) is 0 Å². The predicted molar refractivity (Wildman–Crippen MR) is 36.9 cm³/mol. The van der Waals surface area contributed by atoms with Gasteiger partial charge >= 0.3 is 0 Å². The topological polar surface area (TPSA) is 66.0 Å². The van der Waals surface area contributed by atoms with Crippen molar-refractivity contribution >= 4 is 0 Å². The summed E-state index contributed by atoms with van der Waals surface area (Å²) in [5.74, 6) is 0. The molecular formula is C7H10N2O2. The third-order valence-electron chi connectivity index (χ3n) is 1.17. The molecule has 0 amide bonds. The van der Waals surface area contributed by atoms with E-state index in [0.29, 0.717) is 6.42 Å². The summed E-state index contributed by atoms with van der Waals surface area (Å²) < 4.78 is 9.15. The number of hydrogen-bond acceptors (Lipinski definition) is 4. The van der Waals surface area contributed by atoms with Gasteiger partial charge in [-0.2, -0.15) is 10.5 Å².